The number of aromatic carboxylic acids is 1. The Labute approximate surface area is 217 Å². The van der Waals surface area contributed by atoms with E-state index >= 15 is 0 Å². The zero-order chi connectivity index (χ0) is 26.2. The first-order valence-electron chi connectivity index (χ1n) is 11.1. The molecule has 2 N–H and O–H groups in total. The highest BCUT2D eigenvalue weighted by Gasteiger charge is 2.31. The van der Waals surface area contributed by atoms with Crippen molar-refractivity contribution in [2.45, 2.75) is 11.3 Å². The van der Waals surface area contributed by atoms with Gasteiger partial charge in [0, 0.05) is 35.1 Å². The Kier molecular flexibility index (Phi) is 6.36. The predicted octanol–water partition coefficient (Wildman–Crippen LogP) is 4.50. The molecule has 0 saturated carbocycles. The van der Waals surface area contributed by atoms with E-state index in [9.17, 15) is 23.1 Å². The number of anilines is 2. The minimum absolute atomic E-state index is 0.0561. The Bertz CT molecular complexity index is 1640. The van der Waals surface area contributed by atoms with E-state index in [4.69, 9.17) is 11.6 Å². The van der Waals surface area contributed by atoms with Gasteiger partial charge in [0.05, 0.1) is 33.7 Å². The van der Waals surface area contributed by atoms with Gasteiger partial charge in [-0.3, -0.25) is 19.1 Å². The Morgan fingerprint density at radius 2 is 1.86 bits per heavy atom. The smallest absolute Gasteiger partial charge is 0.337 e. The van der Waals surface area contributed by atoms with Crippen molar-refractivity contribution in [1.29, 1.82) is 0 Å². The maximum Gasteiger partial charge on any atom is 0.337 e. The van der Waals surface area contributed by atoms with Gasteiger partial charge >= 0.3 is 5.97 Å². The lowest BCUT2D eigenvalue weighted by molar-refractivity contribution is 0.0698. The summed E-state index contributed by atoms with van der Waals surface area (Å²) in [6.45, 7) is 0.258. The molecule has 1 aliphatic rings. The van der Waals surface area contributed by atoms with E-state index in [1.165, 1.54) is 59.3 Å². The van der Waals surface area contributed by atoms with E-state index in [-0.39, 0.29) is 28.3 Å². The van der Waals surface area contributed by atoms with E-state index < -0.39 is 21.9 Å². The fraction of sp³-hybridized carbons (Fsp3) is 0.0769. The van der Waals surface area contributed by atoms with Crippen molar-refractivity contribution in [3.63, 3.8) is 0 Å². The second kappa shape index (κ2) is 9.64. The Morgan fingerprint density at radius 3 is 2.62 bits per heavy atom. The zero-order valence-corrected chi connectivity index (χ0v) is 20.7. The lowest BCUT2D eigenvalue weighted by atomic mass is 10.1. The van der Waals surface area contributed by atoms with Gasteiger partial charge in [0.25, 0.3) is 15.9 Å². The van der Waals surface area contributed by atoms with Gasteiger partial charge in [-0.05, 0) is 60.5 Å². The first-order valence-corrected chi connectivity index (χ1v) is 12.9. The van der Waals surface area contributed by atoms with Crippen molar-refractivity contribution in [1.82, 2.24) is 9.97 Å². The van der Waals surface area contributed by atoms with Crippen molar-refractivity contribution < 1.29 is 23.1 Å². The highest BCUT2D eigenvalue weighted by atomic mass is 35.5. The van der Waals surface area contributed by atoms with Crippen molar-refractivity contribution >= 4 is 44.9 Å². The first-order chi connectivity index (χ1) is 17.7. The third-order valence-electron chi connectivity index (χ3n) is 5.94. The SMILES string of the molecule is O=C(Nc1ccc(-c2cnccn2)cc1C(=O)O)c1cccc(S(=O)(=O)N2CCc3cc(Cl)ccc32)c1. The van der Waals surface area contributed by atoms with Crippen LogP contribution >= 0.6 is 11.6 Å². The molecular formula is C26H19ClN4O5S. The number of fused-ring (bicyclic) bond motifs is 1. The molecule has 9 nitrogen and oxygen atoms in total. The van der Waals surface area contributed by atoms with Crippen molar-refractivity contribution in [3.05, 3.63) is 101 Å². The molecule has 0 aliphatic carbocycles. The summed E-state index contributed by atoms with van der Waals surface area (Å²) in [6, 6.07) is 15.1. The summed E-state index contributed by atoms with van der Waals surface area (Å²) in [7, 11) is -3.95. The Hall–Kier alpha value is -4.28. The minimum atomic E-state index is -3.95. The number of hydrogen-bond donors (Lipinski definition) is 2. The molecule has 11 heteroatoms. The van der Waals surface area contributed by atoms with E-state index in [2.05, 4.69) is 15.3 Å². The van der Waals surface area contributed by atoms with Crippen LogP contribution in [0.15, 0.2) is 84.1 Å². The second-order valence-corrected chi connectivity index (χ2v) is 10.5. The summed E-state index contributed by atoms with van der Waals surface area (Å²) >= 11 is 6.04. The lowest BCUT2D eigenvalue weighted by Gasteiger charge is -2.20. The topological polar surface area (TPSA) is 130 Å². The minimum Gasteiger partial charge on any atom is -0.478 e. The number of benzene rings is 3. The highest BCUT2D eigenvalue weighted by Crippen LogP contribution is 2.35. The summed E-state index contributed by atoms with van der Waals surface area (Å²) in [6.07, 6.45) is 5.02. The fourth-order valence-corrected chi connectivity index (χ4v) is 5.89. The zero-order valence-electron chi connectivity index (χ0n) is 19.1. The van der Waals surface area contributed by atoms with E-state index in [1.54, 1.807) is 24.3 Å². The number of carbonyl (C=O) groups excluding carboxylic acids is 1. The highest BCUT2D eigenvalue weighted by molar-refractivity contribution is 7.92. The third-order valence-corrected chi connectivity index (χ3v) is 7.98. The molecule has 0 unspecified atom stereocenters. The lowest BCUT2D eigenvalue weighted by Crippen LogP contribution is -2.29. The molecule has 2 heterocycles. The maximum absolute atomic E-state index is 13.4. The molecule has 4 aromatic rings. The summed E-state index contributed by atoms with van der Waals surface area (Å²) in [5.74, 6) is -1.90. The third kappa shape index (κ3) is 4.76. The molecule has 0 bridgehead atoms. The summed E-state index contributed by atoms with van der Waals surface area (Å²) < 4.78 is 28.1. The second-order valence-electron chi connectivity index (χ2n) is 8.24. The molecule has 0 spiro atoms. The van der Waals surface area contributed by atoms with Crippen molar-refractivity contribution in [2.24, 2.45) is 0 Å². The van der Waals surface area contributed by atoms with Crippen LogP contribution in [0.1, 0.15) is 26.3 Å². The van der Waals surface area contributed by atoms with Gasteiger partial charge < -0.3 is 10.4 Å². The van der Waals surface area contributed by atoms with Crippen LogP contribution in [0.3, 0.4) is 0 Å². The van der Waals surface area contributed by atoms with Crippen molar-refractivity contribution in [3.8, 4) is 11.3 Å². The molecule has 1 aromatic heterocycles. The van der Waals surface area contributed by atoms with Gasteiger partial charge in [0.1, 0.15) is 0 Å². The number of aromatic nitrogens is 2. The molecule has 5 rings (SSSR count). The molecule has 0 fully saturated rings. The van der Waals surface area contributed by atoms with Gasteiger partial charge in [-0.2, -0.15) is 0 Å². The average Bonchev–Trinajstić information content (AvgIpc) is 3.33. The Morgan fingerprint density at radius 1 is 1.03 bits per heavy atom. The Balaban J connectivity index is 1.42. The number of nitrogens with zero attached hydrogens (tertiary/aromatic N) is 3. The molecule has 1 aliphatic heterocycles. The number of carboxylic acids is 1. The quantitative estimate of drug-likeness (QED) is 0.372. The van der Waals surface area contributed by atoms with Crippen LogP contribution in [0.2, 0.25) is 5.02 Å². The number of halogens is 1. The number of rotatable bonds is 6. The number of amides is 1. The number of nitrogens with one attached hydrogen (secondary N) is 1. The predicted molar refractivity (Wildman–Crippen MR) is 139 cm³/mol. The maximum atomic E-state index is 13.4. The van der Waals surface area contributed by atoms with Crippen LogP contribution in [0, 0.1) is 0 Å². The fourth-order valence-electron chi connectivity index (χ4n) is 4.15. The van der Waals surface area contributed by atoms with Crippen LogP contribution in [0.5, 0.6) is 0 Å². The number of carbonyl (C=O) groups is 2. The van der Waals surface area contributed by atoms with Crippen LogP contribution in [-0.4, -0.2) is 41.9 Å². The molecule has 37 heavy (non-hydrogen) atoms. The van der Waals surface area contributed by atoms with Gasteiger partial charge in [0.15, 0.2) is 0 Å². The number of sulfonamides is 1. The molecule has 3 aromatic carbocycles. The van der Waals surface area contributed by atoms with E-state index in [0.29, 0.717) is 28.4 Å². The monoisotopic (exact) mass is 534 g/mol. The van der Waals surface area contributed by atoms with E-state index in [1.807, 2.05) is 0 Å². The summed E-state index contributed by atoms with van der Waals surface area (Å²) in [5, 5.41) is 12.8. The summed E-state index contributed by atoms with van der Waals surface area (Å²) in [5.41, 5.74) is 2.35. The van der Waals surface area contributed by atoms with Gasteiger partial charge in [-0.25, -0.2) is 13.2 Å². The molecule has 0 saturated heterocycles. The first kappa shape index (κ1) is 24.4. The van der Waals surface area contributed by atoms with Gasteiger partial charge in [-0.15, -0.1) is 0 Å². The van der Waals surface area contributed by atoms with E-state index in [0.717, 1.165) is 5.56 Å². The van der Waals surface area contributed by atoms with Crippen LogP contribution in [0.25, 0.3) is 11.3 Å². The average molecular weight is 535 g/mol. The molecule has 0 radical (unpaired) electrons. The molecular weight excluding hydrogens is 516 g/mol. The van der Waals surface area contributed by atoms with Crippen LogP contribution < -0.4 is 9.62 Å². The summed E-state index contributed by atoms with van der Waals surface area (Å²) in [4.78, 5) is 33.0. The van der Waals surface area contributed by atoms with Crippen molar-refractivity contribution in [2.75, 3.05) is 16.2 Å². The molecule has 186 valence electrons. The molecule has 0 atom stereocenters. The number of carboxylic acid groups (broad SMARTS) is 1. The standard InChI is InChI=1S/C26H19ClN4O5S/c27-19-5-7-24-17(12-19)8-11-31(24)37(35,36)20-3-1-2-18(13-20)25(32)30-22-6-4-16(14-21(22)26(33)34)23-15-28-9-10-29-23/h1-7,9-10,12-15H,8,11H2,(H,30,32)(H,33,34). The molecule has 1 amide bonds. The van der Waals surface area contributed by atoms with Gasteiger partial charge in [0.2, 0.25) is 0 Å². The van der Waals surface area contributed by atoms with Gasteiger partial charge in [-0.1, -0.05) is 23.7 Å². The van der Waals surface area contributed by atoms with Crippen LogP contribution in [0.4, 0.5) is 11.4 Å². The number of hydrogen-bond acceptors (Lipinski definition) is 6. The normalized spacial score (nSPS) is 12.7. The van der Waals surface area contributed by atoms with Crippen LogP contribution in [-0.2, 0) is 16.4 Å². The largest absolute Gasteiger partial charge is 0.478 e.